The van der Waals surface area contributed by atoms with Gasteiger partial charge in [-0.2, -0.15) is 0 Å². The van der Waals surface area contributed by atoms with Crippen molar-refractivity contribution in [1.82, 2.24) is 15.5 Å². The summed E-state index contributed by atoms with van der Waals surface area (Å²) in [6, 6.07) is 15.7. The van der Waals surface area contributed by atoms with Crippen molar-refractivity contribution in [2.75, 3.05) is 13.1 Å². The van der Waals surface area contributed by atoms with Crippen LogP contribution in [0.3, 0.4) is 0 Å². The van der Waals surface area contributed by atoms with Crippen LogP contribution < -0.4 is 10.6 Å². The Morgan fingerprint density at radius 3 is 2.52 bits per heavy atom. The van der Waals surface area contributed by atoms with Gasteiger partial charge in [0, 0.05) is 19.1 Å². The van der Waals surface area contributed by atoms with Crippen LogP contribution >= 0.6 is 0 Å². The number of piperazine rings is 1. The van der Waals surface area contributed by atoms with Gasteiger partial charge in [-0.05, 0) is 36.6 Å². The molecule has 3 rings (SSSR count). The molecule has 3 amide bonds. The Labute approximate surface area is 169 Å². The lowest BCUT2D eigenvalue weighted by Gasteiger charge is -2.37. The second kappa shape index (κ2) is 9.23. The number of nitrogens with zero attached hydrogens (tertiary/aromatic N) is 1. The number of benzene rings is 2. The summed E-state index contributed by atoms with van der Waals surface area (Å²) in [4.78, 5) is 38.1. The third kappa shape index (κ3) is 5.57. The highest BCUT2D eigenvalue weighted by Crippen LogP contribution is 2.16. The smallest absolute Gasteiger partial charge is 0.312 e. The van der Waals surface area contributed by atoms with E-state index in [2.05, 4.69) is 10.6 Å². The maximum absolute atomic E-state index is 12.5. The summed E-state index contributed by atoms with van der Waals surface area (Å²) in [5.74, 6) is -1.18. The molecule has 1 fully saturated rings. The minimum atomic E-state index is -0.630. The second-order valence-corrected chi connectivity index (χ2v) is 7.32. The number of hydrogen-bond acceptors (Lipinski definition) is 4. The van der Waals surface area contributed by atoms with Crippen LogP contribution in [0.5, 0.6) is 5.75 Å². The maximum atomic E-state index is 12.5. The van der Waals surface area contributed by atoms with Gasteiger partial charge < -0.3 is 20.6 Å². The van der Waals surface area contributed by atoms with Crippen LogP contribution in [0.1, 0.15) is 18.1 Å². The highest BCUT2D eigenvalue weighted by molar-refractivity contribution is 6.35. The Kier molecular flexibility index (Phi) is 6.49. The average Bonchev–Trinajstić information content (AvgIpc) is 2.70. The average molecular weight is 395 g/mol. The van der Waals surface area contributed by atoms with Gasteiger partial charge in [0.2, 0.25) is 5.91 Å². The number of phenols is 1. The van der Waals surface area contributed by atoms with Crippen LogP contribution in [0.2, 0.25) is 0 Å². The molecule has 1 aliphatic heterocycles. The number of carbonyl (C=O) groups excluding carboxylic acids is 3. The first-order valence-electron chi connectivity index (χ1n) is 9.62. The number of phenolic OH excluding ortho intramolecular Hbond substituents is 1. The third-order valence-corrected chi connectivity index (χ3v) is 4.89. The molecule has 0 radical (unpaired) electrons. The van der Waals surface area contributed by atoms with Crippen molar-refractivity contribution in [3.8, 4) is 5.75 Å². The highest BCUT2D eigenvalue weighted by atomic mass is 16.3. The largest absolute Gasteiger partial charge is 0.508 e. The van der Waals surface area contributed by atoms with Crippen LogP contribution in [0, 0.1) is 0 Å². The SMILES string of the molecule is C[C@@H](CN1C(=O)C(=O)NC[C@@H]1Cc1ccc(O)cc1)NC(=O)Cc1ccccc1. The first-order chi connectivity index (χ1) is 13.9. The van der Waals surface area contributed by atoms with Crippen LogP contribution in [0.4, 0.5) is 0 Å². The highest BCUT2D eigenvalue weighted by Gasteiger charge is 2.34. The van der Waals surface area contributed by atoms with E-state index in [1.807, 2.05) is 37.3 Å². The topological polar surface area (TPSA) is 98.7 Å². The number of aromatic hydroxyl groups is 1. The number of hydrogen-bond donors (Lipinski definition) is 3. The van der Waals surface area contributed by atoms with Gasteiger partial charge in [-0.25, -0.2) is 0 Å². The summed E-state index contributed by atoms with van der Waals surface area (Å²) in [7, 11) is 0. The molecule has 29 heavy (non-hydrogen) atoms. The molecule has 1 heterocycles. The van der Waals surface area contributed by atoms with Gasteiger partial charge >= 0.3 is 11.8 Å². The fourth-order valence-corrected chi connectivity index (χ4v) is 3.46. The number of rotatable bonds is 7. The van der Waals surface area contributed by atoms with Gasteiger partial charge in [0.25, 0.3) is 0 Å². The lowest BCUT2D eigenvalue weighted by atomic mass is 10.0. The van der Waals surface area contributed by atoms with E-state index in [4.69, 9.17) is 0 Å². The van der Waals surface area contributed by atoms with Crippen LogP contribution in [-0.4, -0.2) is 52.9 Å². The number of nitrogens with one attached hydrogen (secondary N) is 2. The van der Waals surface area contributed by atoms with E-state index in [0.717, 1.165) is 11.1 Å². The molecule has 3 N–H and O–H groups in total. The van der Waals surface area contributed by atoms with Crippen molar-refractivity contribution in [2.24, 2.45) is 0 Å². The molecule has 2 atom stereocenters. The molecule has 0 bridgehead atoms. The zero-order valence-electron chi connectivity index (χ0n) is 16.3. The summed E-state index contributed by atoms with van der Waals surface area (Å²) in [6.45, 7) is 2.41. The Hall–Kier alpha value is -3.35. The van der Waals surface area contributed by atoms with Crippen LogP contribution in [0.25, 0.3) is 0 Å². The van der Waals surface area contributed by atoms with Gasteiger partial charge in [0.15, 0.2) is 0 Å². The molecule has 0 unspecified atom stereocenters. The minimum absolute atomic E-state index is 0.132. The summed E-state index contributed by atoms with van der Waals surface area (Å²) >= 11 is 0. The molecule has 0 spiro atoms. The normalized spacial score (nSPS) is 17.6. The molecule has 1 aliphatic rings. The van der Waals surface area contributed by atoms with Gasteiger partial charge in [0.05, 0.1) is 12.5 Å². The summed E-state index contributed by atoms with van der Waals surface area (Å²) in [5.41, 5.74) is 1.86. The molecule has 152 valence electrons. The quantitative estimate of drug-likeness (QED) is 0.610. The Balaban J connectivity index is 1.62. The van der Waals surface area contributed by atoms with Gasteiger partial charge in [-0.3, -0.25) is 14.4 Å². The monoisotopic (exact) mass is 395 g/mol. The molecule has 2 aromatic rings. The standard InChI is InChI=1S/C22H25N3O4/c1-15(24-20(27)12-16-5-3-2-4-6-16)14-25-18(13-23-21(28)22(25)29)11-17-7-9-19(26)10-8-17/h2-10,15,18,26H,11-14H2,1H3,(H,23,28)(H,24,27)/t15-,18-/m0/s1. The van der Waals surface area contributed by atoms with Crippen molar-refractivity contribution in [2.45, 2.75) is 31.8 Å². The third-order valence-electron chi connectivity index (χ3n) is 4.89. The van der Waals surface area contributed by atoms with Crippen molar-refractivity contribution in [3.05, 3.63) is 65.7 Å². The molecule has 0 aliphatic carbocycles. The van der Waals surface area contributed by atoms with Gasteiger partial charge in [-0.15, -0.1) is 0 Å². The van der Waals surface area contributed by atoms with Crippen LogP contribution in [0.15, 0.2) is 54.6 Å². The zero-order chi connectivity index (χ0) is 20.8. The molecular formula is C22H25N3O4. The number of amides is 3. The van der Waals surface area contributed by atoms with E-state index in [1.54, 1.807) is 24.3 Å². The van der Waals surface area contributed by atoms with E-state index < -0.39 is 11.8 Å². The molecule has 7 nitrogen and oxygen atoms in total. The summed E-state index contributed by atoms with van der Waals surface area (Å²) < 4.78 is 0. The maximum Gasteiger partial charge on any atom is 0.312 e. The number of carbonyl (C=O) groups is 3. The second-order valence-electron chi connectivity index (χ2n) is 7.32. The van der Waals surface area contributed by atoms with E-state index in [-0.39, 0.29) is 36.7 Å². The Bertz CT molecular complexity index is 867. The first-order valence-corrected chi connectivity index (χ1v) is 9.62. The lowest BCUT2D eigenvalue weighted by molar-refractivity contribution is -0.150. The van der Waals surface area contributed by atoms with E-state index in [1.165, 1.54) is 4.90 Å². The predicted molar refractivity (Wildman–Crippen MR) is 108 cm³/mol. The van der Waals surface area contributed by atoms with Crippen molar-refractivity contribution >= 4 is 17.7 Å². The van der Waals surface area contributed by atoms with E-state index in [9.17, 15) is 19.5 Å². The minimum Gasteiger partial charge on any atom is -0.508 e. The van der Waals surface area contributed by atoms with Gasteiger partial charge in [0.1, 0.15) is 5.75 Å². The zero-order valence-corrected chi connectivity index (χ0v) is 16.3. The van der Waals surface area contributed by atoms with E-state index >= 15 is 0 Å². The molecule has 7 heteroatoms. The fourth-order valence-electron chi connectivity index (χ4n) is 3.46. The Morgan fingerprint density at radius 2 is 1.83 bits per heavy atom. The molecule has 1 saturated heterocycles. The molecule has 0 saturated carbocycles. The van der Waals surface area contributed by atoms with Gasteiger partial charge in [-0.1, -0.05) is 42.5 Å². The first kappa shape index (κ1) is 20.4. The van der Waals surface area contributed by atoms with Crippen LogP contribution in [-0.2, 0) is 27.2 Å². The van der Waals surface area contributed by atoms with E-state index in [0.29, 0.717) is 13.0 Å². The van der Waals surface area contributed by atoms with Crippen molar-refractivity contribution in [1.29, 1.82) is 0 Å². The molecule has 0 aromatic heterocycles. The Morgan fingerprint density at radius 1 is 1.14 bits per heavy atom. The fraction of sp³-hybridized carbons (Fsp3) is 0.318. The predicted octanol–water partition coefficient (Wildman–Crippen LogP) is 1.01. The summed E-state index contributed by atoms with van der Waals surface area (Å²) in [6.07, 6.45) is 0.799. The van der Waals surface area contributed by atoms with Crippen molar-refractivity contribution < 1.29 is 19.5 Å². The summed E-state index contributed by atoms with van der Waals surface area (Å²) in [5, 5.41) is 15.0. The molecule has 2 aromatic carbocycles. The van der Waals surface area contributed by atoms with Crippen molar-refractivity contribution in [3.63, 3.8) is 0 Å². The lowest BCUT2D eigenvalue weighted by Crippen LogP contribution is -2.61. The molecular weight excluding hydrogens is 370 g/mol.